The Bertz CT molecular complexity index is 1390. The maximum Gasteiger partial charge on any atom is 0.292 e. The molecule has 1 aliphatic heterocycles. The number of aliphatic hydroxyl groups is 1. The second-order valence-corrected chi connectivity index (χ2v) is 8.62. The Kier molecular flexibility index (Phi) is 4.36. The SMILES string of the molecule is O=C(c1oc(C2(O)CC2)nc1C(F)F)N1CCc2[nH]cnc2[C@H]1c1cc2cccc(Cl)n2n1. The minimum Gasteiger partial charge on any atom is -0.432 e. The Morgan fingerprint density at radius 3 is 2.91 bits per heavy atom. The average Bonchev–Trinajstić information content (AvgIpc) is 3.24. The smallest absolute Gasteiger partial charge is 0.292 e. The molecule has 0 unspecified atom stereocenters. The molecule has 1 atom stereocenters. The Labute approximate surface area is 190 Å². The fraction of sp³-hybridized carbons (Fsp3) is 0.333. The van der Waals surface area contributed by atoms with Crippen molar-refractivity contribution in [1.29, 1.82) is 0 Å². The maximum atomic E-state index is 13.7. The van der Waals surface area contributed by atoms with Gasteiger partial charge in [-0.05, 0) is 31.0 Å². The number of halogens is 3. The number of rotatable bonds is 4. The molecule has 0 aromatic carbocycles. The zero-order valence-corrected chi connectivity index (χ0v) is 17.8. The molecule has 4 aromatic rings. The van der Waals surface area contributed by atoms with Crippen LogP contribution in [0.3, 0.4) is 0 Å². The van der Waals surface area contributed by atoms with Crippen LogP contribution in [-0.4, -0.2) is 47.0 Å². The molecule has 0 saturated heterocycles. The van der Waals surface area contributed by atoms with Gasteiger partial charge in [0.1, 0.15) is 16.8 Å². The normalized spacial score (nSPS) is 19.3. The number of fused-ring (bicyclic) bond motifs is 2. The number of nitrogens with one attached hydrogen (secondary N) is 1. The molecule has 170 valence electrons. The predicted molar refractivity (Wildman–Crippen MR) is 110 cm³/mol. The van der Waals surface area contributed by atoms with Gasteiger partial charge in [-0.2, -0.15) is 5.10 Å². The molecule has 0 bridgehead atoms. The van der Waals surface area contributed by atoms with Crippen molar-refractivity contribution < 1.29 is 23.1 Å². The molecule has 0 radical (unpaired) electrons. The summed E-state index contributed by atoms with van der Waals surface area (Å²) in [6.07, 6.45) is -0.389. The topological polar surface area (TPSA) is 113 Å². The number of carbonyl (C=O) groups excluding carboxylic acids is 1. The van der Waals surface area contributed by atoms with Gasteiger partial charge in [0.15, 0.2) is 5.69 Å². The van der Waals surface area contributed by atoms with Crippen LogP contribution in [0, 0.1) is 0 Å². The fourth-order valence-corrected chi connectivity index (χ4v) is 4.43. The second kappa shape index (κ2) is 7.09. The van der Waals surface area contributed by atoms with E-state index in [9.17, 15) is 18.7 Å². The standard InChI is InChI=1S/C21H17ClF2N6O3/c22-13-3-1-2-10-8-12(28-30(10)13)16-14-11(25-9-26-14)4-7-29(16)19(31)17-15(18(23)24)27-20(33-17)21(32)5-6-21/h1-3,8-9,16,18,32H,4-7H2,(H,25,26)/t16-/m1/s1. The number of alkyl halides is 2. The van der Waals surface area contributed by atoms with Gasteiger partial charge in [0.25, 0.3) is 12.3 Å². The summed E-state index contributed by atoms with van der Waals surface area (Å²) in [7, 11) is 0. The van der Waals surface area contributed by atoms with Crippen LogP contribution in [-0.2, 0) is 12.0 Å². The van der Waals surface area contributed by atoms with Crippen molar-refractivity contribution in [1.82, 2.24) is 29.5 Å². The van der Waals surface area contributed by atoms with Crippen molar-refractivity contribution in [3.05, 3.63) is 70.2 Å². The molecular weight excluding hydrogens is 458 g/mol. The first-order valence-electron chi connectivity index (χ1n) is 10.3. The Morgan fingerprint density at radius 2 is 2.18 bits per heavy atom. The molecule has 1 aliphatic carbocycles. The van der Waals surface area contributed by atoms with Gasteiger partial charge < -0.3 is 19.4 Å². The number of aromatic amines is 1. The van der Waals surface area contributed by atoms with Crippen molar-refractivity contribution in [2.24, 2.45) is 0 Å². The number of hydrogen-bond acceptors (Lipinski definition) is 6. The minimum absolute atomic E-state index is 0.212. The number of H-pyrrole nitrogens is 1. The lowest BCUT2D eigenvalue weighted by Gasteiger charge is -2.33. The van der Waals surface area contributed by atoms with Crippen LogP contribution < -0.4 is 0 Å². The summed E-state index contributed by atoms with van der Waals surface area (Å²) in [4.78, 5) is 26.2. The van der Waals surface area contributed by atoms with Gasteiger partial charge in [-0.15, -0.1) is 0 Å². The number of nitrogens with zero attached hydrogens (tertiary/aromatic N) is 5. The number of aromatic nitrogens is 5. The number of pyridine rings is 1. The Balaban J connectivity index is 1.46. The van der Waals surface area contributed by atoms with Crippen molar-refractivity contribution in [3.8, 4) is 0 Å². The van der Waals surface area contributed by atoms with Gasteiger partial charge in [-0.25, -0.2) is 23.3 Å². The van der Waals surface area contributed by atoms with E-state index in [1.54, 1.807) is 18.2 Å². The molecule has 4 aromatic heterocycles. The minimum atomic E-state index is -3.04. The highest BCUT2D eigenvalue weighted by atomic mass is 35.5. The van der Waals surface area contributed by atoms with E-state index < -0.39 is 35.4 Å². The molecule has 0 spiro atoms. The molecule has 6 rings (SSSR count). The lowest BCUT2D eigenvalue weighted by molar-refractivity contribution is 0.0624. The second-order valence-electron chi connectivity index (χ2n) is 8.24. The van der Waals surface area contributed by atoms with Crippen LogP contribution in [0.4, 0.5) is 8.78 Å². The van der Waals surface area contributed by atoms with Crippen LogP contribution in [0.1, 0.15) is 64.5 Å². The number of amides is 1. The third-order valence-electron chi connectivity index (χ3n) is 6.10. The van der Waals surface area contributed by atoms with Gasteiger partial charge >= 0.3 is 0 Å². The van der Waals surface area contributed by atoms with E-state index in [1.165, 1.54) is 15.7 Å². The van der Waals surface area contributed by atoms with Crippen LogP contribution in [0.2, 0.25) is 5.15 Å². The zero-order chi connectivity index (χ0) is 22.9. The molecule has 9 nitrogen and oxygen atoms in total. The fourth-order valence-electron chi connectivity index (χ4n) is 4.22. The highest BCUT2D eigenvalue weighted by Gasteiger charge is 2.49. The summed E-state index contributed by atoms with van der Waals surface area (Å²) >= 11 is 6.26. The molecule has 1 saturated carbocycles. The van der Waals surface area contributed by atoms with E-state index in [-0.39, 0.29) is 12.4 Å². The van der Waals surface area contributed by atoms with E-state index in [2.05, 4.69) is 20.1 Å². The van der Waals surface area contributed by atoms with Crippen molar-refractivity contribution in [2.75, 3.05) is 6.54 Å². The average molecular weight is 475 g/mol. The number of carbonyl (C=O) groups is 1. The zero-order valence-electron chi connectivity index (χ0n) is 17.0. The van der Waals surface area contributed by atoms with E-state index in [0.29, 0.717) is 41.3 Å². The number of imidazole rings is 1. The van der Waals surface area contributed by atoms with E-state index in [0.717, 1.165) is 5.69 Å². The largest absolute Gasteiger partial charge is 0.432 e. The first-order valence-corrected chi connectivity index (χ1v) is 10.7. The van der Waals surface area contributed by atoms with Gasteiger partial charge in [-0.3, -0.25) is 4.79 Å². The summed E-state index contributed by atoms with van der Waals surface area (Å²) in [5.74, 6) is -1.60. The number of hydrogen-bond donors (Lipinski definition) is 2. The first kappa shape index (κ1) is 20.3. The van der Waals surface area contributed by atoms with E-state index in [1.807, 2.05) is 6.07 Å². The third kappa shape index (κ3) is 3.14. The van der Waals surface area contributed by atoms with Gasteiger partial charge in [0, 0.05) is 18.7 Å². The van der Waals surface area contributed by atoms with Crippen LogP contribution in [0.5, 0.6) is 0 Å². The summed E-state index contributed by atoms with van der Waals surface area (Å²) in [5, 5.41) is 15.2. The van der Waals surface area contributed by atoms with Crippen molar-refractivity contribution >= 4 is 23.0 Å². The summed E-state index contributed by atoms with van der Waals surface area (Å²) in [6, 6.07) is 6.29. The van der Waals surface area contributed by atoms with E-state index in [4.69, 9.17) is 16.0 Å². The highest BCUT2D eigenvalue weighted by molar-refractivity contribution is 6.29. The molecule has 1 fully saturated rings. The van der Waals surface area contributed by atoms with Gasteiger partial charge in [0.2, 0.25) is 11.7 Å². The number of oxazole rings is 1. The Morgan fingerprint density at radius 1 is 1.36 bits per heavy atom. The summed E-state index contributed by atoms with van der Waals surface area (Å²) < 4.78 is 34.5. The predicted octanol–water partition coefficient (Wildman–Crippen LogP) is 3.41. The lowest BCUT2D eigenvalue weighted by Crippen LogP contribution is -2.41. The van der Waals surface area contributed by atoms with Gasteiger partial charge in [-0.1, -0.05) is 17.7 Å². The third-order valence-corrected chi connectivity index (χ3v) is 6.39. The molecule has 2 N–H and O–H groups in total. The van der Waals surface area contributed by atoms with Crippen molar-refractivity contribution in [2.45, 2.75) is 37.3 Å². The van der Waals surface area contributed by atoms with Crippen LogP contribution in [0.15, 0.2) is 35.0 Å². The Hall–Kier alpha value is -3.31. The van der Waals surface area contributed by atoms with E-state index >= 15 is 0 Å². The lowest BCUT2D eigenvalue weighted by atomic mass is 9.99. The van der Waals surface area contributed by atoms with Crippen LogP contribution >= 0.6 is 11.6 Å². The summed E-state index contributed by atoms with van der Waals surface area (Å²) in [5.41, 5.74) is 0.402. The summed E-state index contributed by atoms with van der Waals surface area (Å²) in [6.45, 7) is 0.212. The quantitative estimate of drug-likeness (QED) is 0.438. The van der Waals surface area contributed by atoms with Crippen LogP contribution in [0.25, 0.3) is 5.52 Å². The van der Waals surface area contributed by atoms with Crippen molar-refractivity contribution in [3.63, 3.8) is 0 Å². The molecule has 2 aliphatic rings. The first-order chi connectivity index (χ1) is 15.9. The molecular formula is C21H17ClF2N6O3. The monoisotopic (exact) mass is 474 g/mol. The highest BCUT2D eigenvalue weighted by Crippen LogP contribution is 2.46. The maximum absolute atomic E-state index is 13.7. The molecule has 1 amide bonds. The molecule has 5 heterocycles. The molecule has 33 heavy (non-hydrogen) atoms. The molecule has 12 heteroatoms. The van der Waals surface area contributed by atoms with Gasteiger partial charge in [0.05, 0.1) is 23.2 Å².